The molecule has 0 atom stereocenters. The molecule has 0 saturated heterocycles. The van der Waals surface area contributed by atoms with Crippen molar-refractivity contribution >= 4 is 34.3 Å². The van der Waals surface area contributed by atoms with Crippen LogP contribution in [0.25, 0.3) is 11.0 Å². The third-order valence-electron chi connectivity index (χ3n) is 4.12. The van der Waals surface area contributed by atoms with Crippen molar-refractivity contribution < 1.29 is 32.2 Å². The van der Waals surface area contributed by atoms with E-state index in [-0.39, 0.29) is 36.2 Å². The molecule has 0 saturated carbocycles. The van der Waals surface area contributed by atoms with Gasteiger partial charge in [0.05, 0.1) is 25.0 Å². The number of carbonyl (C=O) groups is 1. The lowest BCUT2D eigenvalue weighted by Gasteiger charge is -2.14. The number of nitrogens with zero attached hydrogens (tertiary/aromatic N) is 2. The Morgan fingerprint density at radius 3 is 2.73 bits per heavy atom. The Balaban J connectivity index is 1.96. The molecule has 0 aliphatic heterocycles. The Bertz CT molecular complexity index is 1070. The molecule has 12 heteroatoms. The predicted octanol–water partition coefficient (Wildman–Crippen LogP) is 2.76. The number of rotatable bonds is 7. The van der Waals surface area contributed by atoms with E-state index in [0.717, 1.165) is 0 Å². The second-order valence-corrected chi connectivity index (χ2v) is 6.01. The molecule has 160 valence electrons. The van der Waals surface area contributed by atoms with Crippen LogP contribution in [0.3, 0.4) is 0 Å². The molecule has 3 rings (SSSR count). The highest BCUT2D eigenvalue weighted by Crippen LogP contribution is 2.36. The van der Waals surface area contributed by atoms with E-state index in [1.54, 1.807) is 0 Å². The Hall–Kier alpha value is -3.54. The van der Waals surface area contributed by atoms with E-state index in [1.165, 1.54) is 32.6 Å². The number of halogens is 3. The van der Waals surface area contributed by atoms with E-state index in [0.29, 0.717) is 22.9 Å². The van der Waals surface area contributed by atoms with Gasteiger partial charge in [0.1, 0.15) is 29.0 Å². The summed E-state index contributed by atoms with van der Waals surface area (Å²) in [7, 11) is 2.71. The average molecular weight is 425 g/mol. The molecule has 0 unspecified atom stereocenters. The number of nitrogens with one attached hydrogen (secondary N) is 3. The van der Waals surface area contributed by atoms with Gasteiger partial charge in [-0.2, -0.15) is 18.2 Å². The summed E-state index contributed by atoms with van der Waals surface area (Å²) < 4.78 is 49.8. The first-order valence-electron chi connectivity index (χ1n) is 8.65. The molecule has 3 aromatic rings. The van der Waals surface area contributed by atoms with E-state index in [2.05, 4.69) is 25.9 Å². The van der Waals surface area contributed by atoms with E-state index >= 15 is 0 Å². The Kier molecular flexibility index (Phi) is 5.96. The van der Waals surface area contributed by atoms with Crippen LogP contribution in [-0.4, -0.2) is 48.3 Å². The summed E-state index contributed by atoms with van der Waals surface area (Å²) in [6, 6.07) is 3.05. The molecule has 9 nitrogen and oxygen atoms in total. The summed E-state index contributed by atoms with van der Waals surface area (Å²) in [6.07, 6.45) is -2.67. The third-order valence-corrected chi connectivity index (χ3v) is 4.12. The van der Waals surface area contributed by atoms with Crippen molar-refractivity contribution in [2.45, 2.75) is 6.18 Å². The second kappa shape index (κ2) is 8.45. The number of alkyl halides is 3. The number of aliphatic hydroxyl groups excluding tert-OH is 1. The molecule has 4 N–H and O–H groups in total. The van der Waals surface area contributed by atoms with Crippen molar-refractivity contribution in [3.05, 3.63) is 35.7 Å². The number of hydrogen-bond donors (Lipinski definition) is 4. The van der Waals surface area contributed by atoms with Crippen LogP contribution in [0, 0.1) is 0 Å². The van der Waals surface area contributed by atoms with E-state index in [4.69, 9.17) is 14.3 Å². The number of ether oxygens (including phenoxy) is 1. The summed E-state index contributed by atoms with van der Waals surface area (Å²) >= 11 is 0. The second-order valence-electron chi connectivity index (χ2n) is 6.01. The van der Waals surface area contributed by atoms with Gasteiger partial charge in [0, 0.05) is 31.2 Å². The molecule has 30 heavy (non-hydrogen) atoms. The van der Waals surface area contributed by atoms with Crippen LogP contribution in [0.5, 0.6) is 5.75 Å². The fourth-order valence-electron chi connectivity index (χ4n) is 2.72. The first-order valence-corrected chi connectivity index (χ1v) is 8.65. The fourth-order valence-corrected chi connectivity index (χ4v) is 2.72. The van der Waals surface area contributed by atoms with Crippen molar-refractivity contribution in [2.75, 3.05) is 37.9 Å². The maximum absolute atomic E-state index is 13.0. The molecule has 2 aromatic heterocycles. The number of furan rings is 1. The molecule has 0 radical (unpaired) electrons. The minimum atomic E-state index is -4.60. The van der Waals surface area contributed by atoms with Crippen molar-refractivity contribution in [3.8, 4) is 5.75 Å². The first kappa shape index (κ1) is 21.2. The van der Waals surface area contributed by atoms with E-state index in [9.17, 15) is 18.0 Å². The topological polar surface area (TPSA) is 122 Å². The van der Waals surface area contributed by atoms with Gasteiger partial charge >= 0.3 is 6.18 Å². The average Bonchev–Trinajstić information content (AvgIpc) is 3.13. The molecule has 0 fully saturated rings. The van der Waals surface area contributed by atoms with Gasteiger partial charge in [-0.05, 0) is 6.07 Å². The highest BCUT2D eigenvalue weighted by atomic mass is 19.4. The number of hydrogen-bond acceptors (Lipinski definition) is 8. The lowest BCUT2D eigenvalue weighted by atomic mass is 10.1. The number of aromatic nitrogens is 2. The monoisotopic (exact) mass is 425 g/mol. The highest BCUT2D eigenvalue weighted by molar-refractivity contribution is 6.07. The number of carbonyl (C=O) groups excluding carboxylic acids is 1. The maximum Gasteiger partial charge on any atom is 0.421 e. The Morgan fingerprint density at radius 2 is 2.10 bits per heavy atom. The van der Waals surface area contributed by atoms with Crippen LogP contribution in [0.2, 0.25) is 0 Å². The smallest absolute Gasteiger partial charge is 0.421 e. The predicted molar refractivity (Wildman–Crippen MR) is 102 cm³/mol. The van der Waals surface area contributed by atoms with Crippen LogP contribution < -0.4 is 20.7 Å². The zero-order chi connectivity index (χ0) is 21.9. The summed E-state index contributed by atoms with van der Waals surface area (Å²) in [4.78, 5) is 19.7. The molecular formula is C18H18F3N5O4. The molecule has 0 aliphatic carbocycles. The standard InChI is InChI=1S/C18H18F3N5O4/c1-22-15-11(18(19,20)21)7-24-17(26-15)25-12-6-13-9(5-14(12)29-2)10(8-30-13)16(28)23-3-4-27/h5-8,27H,3-4H2,1-2H3,(H,23,28)(H2,22,24,25,26). The van der Waals surface area contributed by atoms with Gasteiger partial charge in [-0.1, -0.05) is 0 Å². The lowest BCUT2D eigenvalue weighted by molar-refractivity contribution is -0.137. The SMILES string of the molecule is CNc1nc(Nc2cc3occ(C(=O)NCCO)c3cc2OC)ncc1C(F)(F)F. The molecule has 1 amide bonds. The molecule has 0 bridgehead atoms. The minimum Gasteiger partial charge on any atom is -0.495 e. The first-order chi connectivity index (χ1) is 14.3. The summed E-state index contributed by atoms with van der Waals surface area (Å²) in [5, 5.41) is 17.0. The van der Waals surface area contributed by atoms with E-state index in [1.807, 2.05) is 0 Å². The van der Waals surface area contributed by atoms with E-state index < -0.39 is 17.6 Å². The molecule has 1 aromatic carbocycles. The number of methoxy groups -OCH3 is 1. The zero-order valence-corrected chi connectivity index (χ0v) is 15.9. The van der Waals surface area contributed by atoms with Gasteiger partial charge in [-0.25, -0.2) is 4.98 Å². The molecular weight excluding hydrogens is 407 g/mol. The van der Waals surface area contributed by atoms with Gasteiger partial charge in [-0.15, -0.1) is 0 Å². The van der Waals surface area contributed by atoms with Crippen LogP contribution in [-0.2, 0) is 6.18 Å². The summed E-state index contributed by atoms with van der Waals surface area (Å²) in [6.45, 7) is -0.123. The van der Waals surface area contributed by atoms with Crippen LogP contribution in [0.15, 0.2) is 29.0 Å². The number of amides is 1. The van der Waals surface area contributed by atoms with Crippen molar-refractivity contribution in [1.82, 2.24) is 15.3 Å². The van der Waals surface area contributed by atoms with Gasteiger partial charge in [0.2, 0.25) is 5.95 Å². The van der Waals surface area contributed by atoms with Crippen molar-refractivity contribution in [2.24, 2.45) is 0 Å². The largest absolute Gasteiger partial charge is 0.495 e. The fraction of sp³-hybridized carbons (Fsp3) is 0.278. The number of aliphatic hydroxyl groups is 1. The highest BCUT2D eigenvalue weighted by Gasteiger charge is 2.35. The van der Waals surface area contributed by atoms with Gasteiger partial charge < -0.3 is 30.2 Å². The van der Waals surface area contributed by atoms with Crippen LogP contribution in [0.4, 0.5) is 30.6 Å². The Morgan fingerprint density at radius 1 is 1.33 bits per heavy atom. The van der Waals surface area contributed by atoms with Crippen molar-refractivity contribution in [3.63, 3.8) is 0 Å². The zero-order valence-electron chi connectivity index (χ0n) is 15.9. The maximum atomic E-state index is 13.0. The molecule has 0 aliphatic rings. The van der Waals surface area contributed by atoms with Crippen LogP contribution in [0.1, 0.15) is 15.9 Å². The summed E-state index contributed by atoms with van der Waals surface area (Å²) in [5.41, 5.74) is -0.106. The number of fused-ring (bicyclic) bond motifs is 1. The third kappa shape index (κ3) is 4.22. The van der Waals surface area contributed by atoms with Crippen molar-refractivity contribution in [1.29, 1.82) is 0 Å². The molecule has 0 spiro atoms. The quantitative estimate of drug-likeness (QED) is 0.456. The molecule has 2 heterocycles. The van der Waals surface area contributed by atoms with Crippen LogP contribution >= 0.6 is 0 Å². The van der Waals surface area contributed by atoms with Gasteiger partial charge in [0.25, 0.3) is 5.91 Å². The minimum absolute atomic E-state index is 0.0847. The Labute approximate surface area is 168 Å². The normalized spacial score (nSPS) is 11.4. The van der Waals surface area contributed by atoms with Gasteiger partial charge in [0.15, 0.2) is 0 Å². The summed E-state index contributed by atoms with van der Waals surface area (Å²) in [5.74, 6) is -0.636. The lowest BCUT2D eigenvalue weighted by Crippen LogP contribution is -2.26. The van der Waals surface area contributed by atoms with Gasteiger partial charge in [-0.3, -0.25) is 4.79 Å². The number of anilines is 3. The number of benzene rings is 1.